The summed E-state index contributed by atoms with van der Waals surface area (Å²) in [7, 11) is 0. The van der Waals surface area contributed by atoms with Crippen LogP contribution in [0.2, 0.25) is 0 Å². The highest BCUT2D eigenvalue weighted by molar-refractivity contribution is 7.09. The van der Waals surface area contributed by atoms with Crippen molar-refractivity contribution in [2.45, 2.75) is 32.6 Å². The van der Waals surface area contributed by atoms with Gasteiger partial charge in [-0.2, -0.15) is 0 Å². The van der Waals surface area contributed by atoms with Crippen LogP contribution in [-0.4, -0.2) is 18.1 Å². The molecule has 0 aliphatic carbocycles. The molecule has 1 aliphatic heterocycles. The van der Waals surface area contributed by atoms with E-state index in [4.69, 9.17) is 0 Å². The van der Waals surface area contributed by atoms with Gasteiger partial charge in [0, 0.05) is 17.5 Å². The van der Waals surface area contributed by atoms with Crippen LogP contribution >= 0.6 is 11.3 Å². The summed E-state index contributed by atoms with van der Waals surface area (Å²) < 4.78 is 0. The van der Waals surface area contributed by atoms with Gasteiger partial charge in [0.25, 0.3) is 0 Å². The lowest BCUT2D eigenvalue weighted by molar-refractivity contribution is 0.469. The molecule has 0 aromatic carbocycles. The number of thiazole rings is 1. The summed E-state index contributed by atoms with van der Waals surface area (Å²) in [6.07, 6.45) is 5.21. The average molecular weight is 210 g/mol. The first kappa shape index (κ1) is 10.1. The fourth-order valence-corrected chi connectivity index (χ4v) is 2.93. The van der Waals surface area contributed by atoms with E-state index in [2.05, 4.69) is 22.6 Å². The minimum absolute atomic E-state index is 0.857. The van der Waals surface area contributed by atoms with Gasteiger partial charge in [-0.05, 0) is 45.2 Å². The van der Waals surface area contributed by atoms with E-state index in [0.717, 1.165) is 5.92 Å². The van der Waals surface area contributed by atoms with Crippen LogP contribution < -0.4 is 5.32 Å². The number of aryl methyl sites for hydroxylation is 1. The first-order chi connectivity index (χ1) is 6.84. The van der Waals surface area contributed by atoms with Crippen LogP contribution in [0.25, 0.3) is 0 Å². The molecule has 1 aromatic rings. The topological polar surface area (TPSA) is 24.9 Å². The number of hydrogen-bond donors (Lipinski definition) is 1. The van der Waals surface area contributed by atoms with E-state index >= 15 is 0 Å². The molecule has 2 heterocycles. The molecule has 1 N–H and O–H groups in total. The van der Waals surface area contributed by atoms with E-state index in [1.54, 1.807) is 0 Å². The maximum atomic E-state index is 4.53. The first-order valence-electron chi connectivity index (χ1n) is 5.46. The number of hydrogen-bond acceptors (Lipinski definition) is 3. The van der Waals surface area contributed by atoms with Crippen LogP contribution in [0.5, 0.6) is 0 Å². The van der Waals surface area contributed by atoms with Crippen LogP contribution in [0, 0.1) is 12.8 Å². The van der Waals surface area contributed by atoms with Crippen LogP contribution in [0.15, 0.2) is 5.38 Å². The molecule has 1 aliphatic rings. The zero-order valence-electron chi connectivity index (χ0n) is 8.75. The molecular formula is C11H18N2S. The standard InChI is InChI=1S/C11H18N2S/c1-9-8-14-11(13-9)7-10-3-2-5-12-6-4-10/h8,10,12H,2-7H2,1H3. The molecule has 1 unspecified atom stereocenters. The SMILES string of the molecule is Cc1csc(CC2CCCNCC2)n1. The molecule has 2 rings (SSSR count). The summed E-state index contributed by atoms with van der Waals surface area (Å²) >= 11 is 1.82. The van der Waals surface area contributed by atoms with E-state index in [1.165, 1.54) is 49.5 Å². The number of rotatable bonds is 2. The predicted molar refractivity (Wildman–Crippen MR) is 60.8 cm³/mol. The third kappa shape index (κ3) is 2.79. The number of nitrogens with one attached hydrogen (secondary N) is 1. The maximum Gasteiger partial charge on any atom is 0.0930 e. The monoisotopic (exact) mass is 210 g/mol. The average Bonchev–Trinajstić information content (AvgIpc) is 2.43. The largest absolute Gasteiger partial charge is 0.317 e. The van der Waals surface area contributed by atoms with E-state index in [0.29, 0.717) is 0 Å². The Hall–Kier alpha value is -0.410. The predicted octanol–water partition coefficient (Wildman–Crippen LogP) is 2.38. The van der Waals surface area contributed by atoms with E-state index in [1.807, 2.05) is 11.3 Å². The van der Waals surface area contributed by atoms with Gasteiger partial charge < -0.3 is 5.32 Å². The van der Waals surface area contributed by atoms with Crippen LogP contribution in [-0.2, 0) is 6.42 Å². The minimum atomic E-state index is 0.857. The van der Waals surface area contributed by atoms with Crippen LogP contribution in [0.3, 0.4) is 0 Å². The van der Waals surface area contributed by atoms with Gasteiger partial charge in [-0.15, -0.1) is 11.3 Å². The lowest BCUT2D eigenvalue weighted by Gasteiger charge is -2.10. The molecule has 0 bridgehead atoms. The summed E-state index contributed by atoms with van der Waals surface area (Å²) in [5.74, 6) is 0.857. The van der Waals surface area contributed by atoms with Crippen molar-refractivity contribution >= 4 is 11.3 Å². The fraction of sp³-hybridized carbons (Fsp3) is 0.727. The zero-order valence-corrected chi connectivity index (χ0v) is 9.57. The number of nitrogens with zero attached hydrogens (tertiary/aromatic N) is 1. The zero-order chi connectivity index (χ0) is 9.80. The normalized spacial score (nSPS) is 23.4. The molecule has 1 saturated heterocycles. The Morgan fingerprint density at radius 1 is 1.50 bits per heavy atom. The van der Waals surface area contributed by atoms with Crippen molar-refractivity contribution in [3.63, 3.8) is 0 Å². The second-order valence-electron chi connectivity index (χ2n) is 4.13. The van der Waals surface area contributed by atoms with Crippen molar-refractivity contribution in [2.75, 3.05) is 13.1 Å². The fourth-order valence-electron chi connectivity index (χ4n) is 2.04. The quantitative estimate of drug-likeness (QED) is 0.810. The first-order valence-corrected chi connectivity index (χ1v) is 6.34. The molecule has 2 nitrogen and oxygen atoms in total. The molecule has 1 atom stereocenters. The Morgan fingerprint density at radius 2 is 2.43 bits per heavy atom. The smallest absolute Gasteiger partial charge is 0.0930 e. The summed E-state index contributed by atoms with van der Waals surface area (Å²) in [5, 5.41) is 6.94. The molecule has 1 aromatic heterocycles. The van der Waals surface area contributed by atoms with Gasteiger partial charge in [0.2, 0.25) is 0 Å². The molecule has 0 spiro atoms. The summed E-state index contributed by atoms with van der Waals surface area (Å²) in [6.45, 7) is 4.47. The lowest BCUT2D eigenvalue weighted by atomic mass is 9.97. The third-order valence-corrected chi connectivity index (χ3v) is 3.81. The Labute approximate surface area is 89.8 Å². The summed E-state index contributed by atoms with van der Waals surface area (Å²) in [4.78, 5) is 4.53. The maximum absolute atomic E-state index is 4.53. The van der Waals surface area contributed by atoms with Crippen molar-refractivity contribution in [2.24, 2.45) is 5.92 Å². The van der Waals surface area contributed by atoms with Crippen molar-refractivity contribution in [3.05, 3.63) is 16.1 Å². The van der Waals surface area contributed by atoms with Gasteiger partial charge in [0.15, 0.2) is 0 Å². The molecule has 14 heavy (non-hydrogen) atoms. The van der Waals surface area contributed by atoms with E-state index in [9.17, 15) is 0 Å². The molecule has 0 amide bonds. The Balaban J connectivity index is 1.89. The molecule has 3 heteroatoms. The van der Waals surface area contributed by atoms with E-state index in [-0.39, 0.29) is 0 Å². The van der Waals surface area contributed by atoms with Gasteiger partial charge in [-0.1, -0.05) is 0 Å². The second-order valence-corrected chi connectivity index (χ2v) is 5.08. The minimum Gasteiger partial charge on any atom is -0.317 e. The van der Waals surface area contributed by atoms with Crippen molar-refractivity contribution in [3.8, 4) is 0 Å². The van der Waals surface area contributed by atoms with Gasteiger partial charge in [-0.25, -0.2) is 4.98 Å². The highest BCUT2D eigenvalue weighted by Crippen LogP contribution is 2.21. The summed E-state index contributed by atoms with van der Waals surface area (Å²) in [5.41, 5.74) is 1.18. The third-order valence-electron chi connectivity index (χ3n) is 2.83. The molecular weight excluding hydrogens is 192 g/mol. The van der Waals surface area contributed by atoms with Crippen molar-refractivity contribution < 1.29 is 0 Å². The Bertz CT molecular complexity index is 275. The van der Waals surface area contributed by atoms with Crippen LogP contribution in [0.1, 0.15) is 30.0 Å². The van der Waals surface area contributed by atoms with E-state index < -0.39 is 0 Å². The highest BCUT2D eigenvalue weighted by atomic mass is 32.1. The second kappa shape index (κ2) is 4.89. The lowest BCUT2D eigenvalue weighted by Crippen LogP contribution is -2.14. The Morgan fingerprint density at radius 3 is 3.21 bits per heavy atom. The van der Waals surface area contributed by atoms with Gasteiger partial charge in [-0.3, -0.25) is 0 Å². The number of aromatic nitrogens is 1. The highest BCUT2D eigenvalue weighted by Gasteiger charge is 2.13. The Kier molecular flexibility index (Phi) is 3.54. The van der Waals surface area contributed by atoms with Gasteiger partial charge in [0.05, 0.1) is 5.01 Å². The molecule has 1 fully saturated rings. The summed E-state index contributed by atoms with van der Waals surface area (Å²) in [6, 6.07) is 0. The van der Waals surface area contributed by atoms with Gasteiger partial charge >= 0.3 is 0 Å². The van der Waals surface area contributed by atoms with Crippen molar-refractivity contribution in [1.82, 2.24) is 10.3 Å². The van der Waals surface area contributed by atoms with Crippen LogP contribution in [0.4, 0.5) is 0 Å². The molecule has 0 radical (unpaired) electrons. The molecule has 78 valence electrons. The van der Waals surface area contributed by atoms with Crippen molar-refractivity contribution in [1.29, 1.82) is 0 Å². The molecule has 0 saturated carbocycles. The van der Waals surface area contributed by atoms with Gasteiger partial charge in [0.1, 0.15) is 0 Å².